The highest BCUT2D eigenvalue weighted by molar-refractivity contribution is 7.80. The second-order valence-electron chi connectivity index (χ2n) is 2.75. The van der Waals surface area contributed by atoms with Gasteiger partial charge in [-0.3, -0.25) is 5.43 Å². The molecule has 0 saturated carbocycles. The highest BCUT2D eigenvalue weighted by Crippen LogP contribution is 1.86. The van der Waals surface area contributed by atoms with Crippen molar-refractivity contribution in [2.75, 3.05) is 6.61 Å². The van der Waals surface area contributed by atoms with Crippen LogP contribution in [0, 0.1) is 0 Å². The van der Waals surface area contributed by atoms with Gasteiger partial charge in [-0.15, -0.1) is 0 Å². The van der Waals surface area contributed by atoms with Crippen molar-refractivity contribution < 1.29 is 9.53 Å². The molecule has 1 amide bonds. The summed E-state index contributed by atoms with van der Waals surface area (Å²) in [5, 5.41) is 3.36. The van der Waals surface area contributed by atoms with Gasteiger partial charge in [-0.1, -0.05) is 6.92 Å². The van der Waals surface area contributed by atoms with Crippen LogP contribution in [0.15, 0.2) is 0 Å². The molecule has 1 atom stereocenters. The molecule has 3 N–H and O–H groups in total. The topological polar surface area (TPSA) is 62.4 Å². The SMILES string of the molecule is CCOC(=O)NNC(=S)N[C@H](C)CC. The minimum atomic E-state index is -0.541. The van der Waals surface area contributed by atoms with Gasteiger partial charge in [-0.25, -0.2) is 10.2 Å². The Labute approximate surface area is 89.5 Å². The Morgan fingerprint density at radius 2 is 2.07 bits per heavy atom. The average molecular weight is 219 g/mol. The fourth-order valence-electron chi connectivity index (χ4n) is 0.637. The molecule has 0 aliphatic heterocycles. The summed E-state index contributed by atoms with van der Waals surface area (Å²) in [5.41, 5.74) is 4.83. The number of hydrazine groups is 1. The van der Waals surface area contributed by atoms with Crippen molar-refractivity contribution in [2.45, 2.75) is 33.2 Å². The van der Waals surface area contributed by atoms with E-state index in [1.54, 1.807) is 6.92 Å². The van der Waals surface area contributed by atoms with Gasteiger partial charge in [-0.2, -0.15) is 0 Å². The van der Waals surface area contributed by atoms with E-state index in [-0.39, 0.29) is 6.04 Å². The van der Waals surface area contributed by atoms with Crippen LogP contribution in [0.1, 0.15) is 27.2 Å². The molecule has 0 radical (unpaired) electrons. The molecular weight excluding hydrogens is 202 g/mol. The Balaban J connectivity index is 3.58. The van der Waals surface area contributed by atoms with E-state index in [0.717, 1.165) is 6.42 Å². The number of carbonyl (C=O) groups excluding carboxylic acids is 1. The van der Waals surface area contributed by atoms with Gasteiger partial charge >= 0.3 is 6.09 Å². The monoisotopic (exact) mass is 219 g/mol. The third-order valence-electron chi connectivity index (χ3n) is 1.54. The fraction of sp³-hybridized carbons (Fsp3) is 0.750. The number of carbonyl (C=O) groups is 1. The van der Waals surface area contributed by atoms with E-state index in [2.05, 4.69) is 20.9 Å². The summed E-state index contributed by atoms with van der Waals surface area (Å²) in [7, 11) is 0. The summed E-state index contributed by atoms with van der Waals surface area (Å²) >= 11 is 4.91. The molecule has 0 fully saturated rings. The zero-order valence-corrected chi connectivity index (χ0v) is 9.53. The van der Waals surface area contributed by atoms with Crippen molar-refractivity contribution >= 4 is 23.4 Å². The van der Waals surface area contributed by atoms with Crippen molar-refractivity contribution in [2.24, 2.45) is 0 Å². The molecule has 0 aromatic rings. The standard InChI is InChI=1S/C8H17N3O2S/c1-4-6(3)9-7(14)10-11-8(12)13-5-2/h6H,4-5H2,1-3H3,(H,11,12)(H2,9,10,14)/t6-/m1/s1. The van der Waals surface area contributed by atoms with E-state index in [1.165, 1.54) is 0 Å². The minimum Gasteiger partial charge on any atom is -0.449 e. The summed E-state index contributed by atoms with van der Waals surface area (Å²) in [6.45, 7) is 6.10. The molecule has 0 aromatic heterocycles. The molecule has 14 heavy (non-hydrogen) atoms. The zero-order chi connectivity index (χ0) is 11.0. The van der Waals surface area contributed by atoms with Gasteiger partial charge in [0.1, 0.15) is 0 Å². The number of thiocarbonyl (C=S) groups is 1. The second kappa shape index (κ2) is 7.37. The molecule has 0 aromatic carbocycles. The summed E-state index contributed by atoms with van der Waals surface area (Å²) < 4.78 is 4.62. The fourth-order valence-corrected chi connectivity index (χ4v) is 0.889. The highest BCUT2D eigenvalue weighted by Gasteiger charge is 2.03. The molecule has 5 nitrogen and oxygen atoms in total. The minimum absolute atomic E-state index is 0.277. The maximum Gasteiger partial charge on any atom is 0.425 e. The molecule has 0 saturated heterocycles. The first-order valence-electron chi connectivity index (χ1n) is 4.59. The highest BCUT2D eigenvalue weighted by atomic mass is 32.1. The van der Waals surface area contributed by atoms with Gasteiger partial charge in [0, 0.05) is 6.04 Å². The van der Waals surface area contributed by atoms with Gasteiger partial charge in [0.05, 0.1) is 6.61 Å². The third-order valence-corrected chi connectivity index (χ3v) is 1.76. The van der Waals surface area contributed by atoms with Gasteiger partial charge in [0.15, 0.2) is 5.11 Å². The van der Waals surface area contributed by atoms with Crippen molar-refractivity contribution in [1.82, 2.24) is 16.2 Å². The normalized spacial score (nSPS) is 11.4. The summed E-state index contributed by atoms with van der Waals surface area (Å²) in [5.74, 6) is 0. The van der Waals surface area contributed by atoms with Crippen molar-refractivity contribution in [3.63, 3.8) is 0 Å². The maximum atomic E-state index is 10.8. The average Bonchev–Trinajstić information content (AvgIpc) is 2.15. The summed E-state index contributed by atoms with van der Waals surface area (Å²) in [4.78, 5) is 10.8. The van der Waals surface area contributed by atoms with Gasteiger partial charge in [-0.05, 0) is 32.5 Å². The molecule has 0 heterocycles. The molecule has 6 heteroatoms. The maximum absolute atomic E-state index is 10.8. The van der Waals surface area contributed by atoms with Crippen LogP contribution in [0.4, 0.5) is 4.79 Å². The summed E-state index contributed by atoms with van der Waals surface area (Å²) in [6, 6.07) is 0.277. The lowest BCUT2D eigenvalue weighted by Gasteiger charge is -2.15. The van der Waals surface area contributed by atoms with Gasteiger partial charge in [0.2, 0.25) is 0 Å². The van der Waals surface area contributed by atoms with E-state index in [4.69, 9.17) is 12.2 Å². The summed E-state index contributed by atoms with van der Waals surface area (Å²) in [6.07, 6.45) is 0.419. The number of rotatable bonds is 3. The Bertz CT molecular complexity index is 199. The number of nitrogens with one attached hydrogen (secondary N) is 3. The molecule has 0 unspecified atom stereocenters. The van der Waals surface area contributed by atoms with Gasteiger partial charge < -0.3 is 10.1 Å². The number of hydrogen-bond acceptors (Lipinski definition) is 3. The Kier molecular flexibility index (Phi) is 6.82. The van der Waals surface area contributed by atoms with Crippen molar-refractivity contribution in [3.05, 3.63) is 0 Å². The second-order valence-corrected chi connectivity index (χ2v) is 3.16. The lowest BCUT2D eigenvalue weighted by Crippen LogP contribution is -2.49. The van der Waals surface area contributed by atoms with Crippen LogP contribution in [-0.2, 0) is 4.74 Å². The van der Waals surface area contributed by atoms with Crippen LogP contribution in [0.2, 0.25) is 0 Å². The smallest absolute Gasteiger partial charge is 0.425 e. The van der Waals surface area contributed by atoms with Crippen LogP contribution in [0.25, 0.3) is 0 Å². The van der Waals surface area contributed by atoms with E-state index >= 15 is 0 Å². The van der Waals surface area contributed by atoms with E-state index < -0.39 is 6.09 Å². The molecule has 0 bridgehead atoms. The molecule has 0 aliphatic carbocycles. The first-order valence-corrected chi connectivity index (χ1v) is 5.00. The Morgan fingerprint density at radius 1 is 1.43 bits per heavy atom. The molecule has 0 spiro atoms. The number of ether oxygens (including phenoxy) is 1. The van der Waals surface area contributed by atoms with Crippen LogP contribution in [0.5, 0.6) is 0 Å². The first-order chi connectivity index (χ1) is 6.60. The van der Waals surface area contributed by atoms with Gasteiger partial charge in [0.25, 0.3) is 0 Å². The van der Waals surface area contributed by atoms with E-state index in [9.17, 15) is 4.79 Å². The van der Waals surface area contributed by atoms with Crippen molar-refractivity contribution in [1.29, 1.82) is 0 Å². The predicted molar refractivity (Wildman–Crippen MR) is 58.8 cm³/mol. The van der Waals surface area contributed by atoms with E-state index in [0.29, 0.717) is 11.7 Å². The van der Waals surface area contributed by atoms with Crippen LogP contribution >= 0.6 is 12.2 Å². The number of hydrogen-bond donors (Lipinski definition) is 3. The van der Waals surface area contributed by atoms with Crippen LogP contribution < -0.4 is 16.2 Å². The molecule has 0 rings (SSSR count). The lowest BCUT2D eigenvalue weighted by atomic mass is 10.3. The lowest BCUT2D eigenvalue weighted by molar-refractivity contribution is 0.150. The van der Waals surface area contributed by atoms with Crippen molar-refractivity contribution in [3.8, 4) is 0 Å². The largest absolute Gasteiger partial charge is 0.449 e. The van der Waals surface area contributed by atoms with E-state index in [1.807, 2.05) is 13.8 Å². The molecular formula is C8H17N3O2S. The van der Waals surface area contributed by atoms with Crippen LogP contribution in [-0.4, -0.2) is 23.9 Å². The number of amides is 1. The molecule has 82 valence electrons. The predicted octanol–water partition coefficient (Wildman–Crippen LogP) is 0.910. The Hall–Kier alpha value is -1.04. The first kappa shape index (κ1) is 13.0. The quantitative estimate of drug-likeness (QED) is 0.486. The zero-order valence-electron chi connectivity index (χ0n) is 8.72. The Morgan fingerprint density at radius 3 is 2.57 bits per heavy atom. The third kappa shape index (κ3) is 6.47. The molecule has 0 aliphatic rings. The van der Waals surface area contributed by atoms with Crippen LogP contribution in [0.3, 0.4) is 0 Å².